The molecule has 2 heterocycles. The lowest BCUT2D eigenvalue weighted by atomic mass is 9.81. The van der Waals surface area contributed by atoms with E-state index in [0.717, 1.165) is 31.8 Å². The fourth-order valence-corrected chi connectivity index (χ4v) is 4.06. The Hall–Kier alpha value is -1.13. The van der Waals surface area contributed by atoms with Gasteiger partial charge in [0.15, 0.2) is 0 Å². The van der Waals surface area contributed by atoms with E-state index in [4.69, 9.17) is 4.74 Å². The normalized spacial score (nSPS) is 19.5. The SMILES string of the molecule is C[Si](C)(C)CCOCN1CC2(CC=CC2)c2cccnc21. The van der Waals surface area contributed by atoms with Crippen LogP contribution in [0.15, 0.2) is 30.5 Å². The van der Waals surface area contributed by atoms with Crippen LogP contribution >= 0.6 is 0 Å². The molecule has 1 aliphatic heterocycles. The van der Waals surface area contributed by atoms with Crippen LogP contribution in [0.2, 0.25) is 25.7 Å². The Kier molecular flexibility index (Phi) is 3.93. The van der Waals surface area contributed by atoms with E-state index in [0.29, 0.717) is 6.73 Å². The molecule has 0 saturated carbocycles. The van der Waals surface area contributed by atoms with Gasteiger partial charge in [-0.1, -0.05) is 37.9 Å². The first kappa shape index (κ1) is 14.8. The lowest BCUT2D eigenvalue weighted by Crippen LogP contribution is -2.33. The largest absolute Gasteiger partial charge is 0.361 e. The van der Waals surface area contributed by atoms with Crippen LogP contribution < -0.4 is 4.90 Å². The molecule has 0 N–H and O–H groups in total. The van der Waals surface area contributed by atoms with E-state index in [1.54, 1.807) is 0 Å². The van der Waals surface area contributed by atoms with Gasteiger partial charge in [0, 0.05) is 38.4 Å². The highest BCUT2D eigenvalue weighted by molar-refractivity contribution is 6.76. The molecule has 21 heavy (non-hydrogen) atoms. The fraction of sp³-hybridized carbons (Fsp3) is 0.588. The lowest BCUT2D eigenvalue weighted by molar-refractivity contribution is 0.145. The summed E-state index contributed by atoms with van der Waals surface area (Å²) in [5.74, 6) is 1.13. The molecule has 1 aromatic rings. The Bertz CT molecular complexity index is 528. The third-order valence-electron chi connectivity index (χ3n) is 4.58. The van der Waals surface area contributed by atoms with Crippen molar-refractivity contribution >= 4 is 13.9 Å². The number of pyridine rings is 1. The summed E-state index contributed by atoms with van der Waals surface area (Å²) >= 11 is 0. The van der Waals surface area contributed by atoms with Crippen molar-refractivity contribution < 1.29 is 4.74 Å². The second-order valence-electron chi connectivity index (χ2n) is 7.58. The molecular weight excluding hydrogens is 276 g/mol. The molecule has 0 bridgehead atoms. The third-order valence-corrected chi connectivity index (χ3v) is 6.28. The van der Waals surface area contributed by atoms with Gasteiger partial charge in [-0.05, 0) is 25.0 Å². The maximum atomic E-state index is 5.95. The molecule has 1 spiro atoms. The highest BCUT2D eigenvalue weighted by Crippen LogP contribution is 2.46. The summed E-state index contributed by atoms with van der Waals surface area (Å²) in [7, 11) is -1.01. The molecule has 0 saturated heterocycles. The number of hydrogen-bond acceptors (Lipinski definition) is 3. The Balaban J connectivity index is 1.65. The van der Waals surface area contributed by atoms with Crippen LogP contribution in [-0.2, 0) is 10.2 Å². The van der Waals surface area contributed by atoms with E-state index in [1.807, 2.05) is 6.20 Å². The van der Waals surface area contributed by atoms with Crippen molar-refractivity contribution in [1.82, 2.24) is 4.98 Å². The zero-order valence-electron chi connectivity index (χ0n) is 13.4. The summed E-state index contributed by atoms with van der Waals surface area (Å²) in [6, 6.07) is 5.54. The third kappa shape index (κ3) is 3.06. The van der Waals surface area contributed by atoms with Gasteiger partial charge in [-0.2, -0.15) is 0 Å². The number of nitrogens with zero attached hydrogens (tertiary/aromatic N) is 2. The van der Waals surface area contributed by atoms with Gasteiger partial charge < -0.3 is 9.64 Å². The molecule has 0 unspecified atom stereocenters. The van der Waals surface area contributed by atoms with Crippen LogP contribution in [0.1, 0.15) is 18.4 Å². The summed E-state index contributed by atoms with van der Waals surface area (Å²) in [6.07, 6.45) is 8.79. The number of ether oxygens (including phenoxy) is 1. The molecule has 4 heteroatoms. The molecule has 0 radical (unpaired) electrons. The fourth-order valence-electron chi connectivity index (χ4n) is 3.30. The van der Waals surface area contributed by atoms with Gasteiger partial charge in [0.2, 0.25) is 0 Å². The molecule has 1 aromatic heterocycles. The topological polar surface area (TPSA) is 25.4 Å². The number of fused-ring (bicyclic) bond motifs is 2. The van der Waals surface area contributed by atoms with Crippen LogP contribution in [0.5, 0.6) is 0 Å². The first-order valence-corrected chi connectivity index (χ1v) is 11.6. The second-order valence-corrected chi connectivity index (χ2v) is 13.2. The molecule has 3 nitrogen and oxygen atoms in total. The molecule has 1 aliphatic carbocycles. The van der Waals surface area contributed by atoms with Gasteiger partial charge in [0.1, 0.15) is 12.5 Å². The van der Waals surface area contributed by atoms with Crippen molar-refractivity contribution in [3.8, 4) is 0 Å². The molecule has 114 valence electrons. The minimum atomic E-state index is -1.01. The van der Waals surface area contributed by atoms with Gasteiger partial charge >= 0.3 is 0 Å². The zero-order valence-corrected chi connectivity index (χ0v) is 14.4. The maximum absolute atomic E-state index is 5.95. The van der Waals surface area contributed by atoms with Crippen LogP contribution in [-0.4, -0.2) is 32.9 Å². The number of rotatable bonds is 5. The van der Waals surface area contributed by atoms with Gasteiger partial charge in [-0.25, -0.2) is 4.98 Å². The molecule has 0 fully saturated rings. The van der Waals surface area contributed by atoms with Crippen LogP contribution in [0.25, 0.3) is 0 Å². The average Bonchev–Trinajstić information content (AvgIpc) is 3.02. The van der Waals surface area contributed by atoms with E-state index >= 15 is 0 Å². The minimum absolute atomic E-state index is 0.256. The summed E-state index contributed by atoms with van der Waals surface area (Å²) < 4.78 is 5.95. The molecular formula is C17H26N2OSi. The smallest absolute Gasteiger partial charge is 0.134 e. The summed E-state index contributed by atoms with van der Waals surface area (Å²) in [6.45, 7) is 9.77. The van der Waals surface area contributed by atoms with Crippen molar-refractivity contribution in [3.63, 3.8) is 0 Å². The lowest BCUT2D eigenvalue weighted by Gasteiger charge is -2.25. The van der Waals surface area contributed by atoms with E-state index < -0.39 is 8.07 Å². The van der Waals surface area contributed by atoms with E-state index in [-0.39, 0.29) is 5.41 Å². The predicted molar refractivity (Wildman–Crippen MR) is 90.6 cm³/mol. The monoisotopic (exact) mass is 302 g/mol. The molecule has 3 rings (SSSR count). The first-order valence-electron chi connectivity index (χ1n) is 7.93. The molecule has 0 atom stereocenters. The number of hydrogen-bond donors (Lipinski definition) is 0. The molecule has 2 aliphatic rings. The standard InChI is InChI=1S/C17H26N2OSi/c1-21(2,3)12-11-20-14-19-13-17(8-4-5-9-17)15-7-6-10-18-16(15)19/h4-7,10H,8-9,11-14H2,1-3H3. The first-order chi connectivity index (χ1) is 10.0. The summed E-state index contributed by atoms with van der Waals surface area (Å²) in [5.41, 5.74) is 1.66. The Morgan fingerprint density at radius 3 is 2.76 bits per heavy atom. The second kappa shape index (κ2) is 5.58. The Labute approximate surface area is 129 Å². The van der Waals surface area contributed by atoms with Gasteiger partial charge in [-0.15, -0.1) is 0 Å². The van der Waals surface area contributed by atoms with E-state index in [2.05, 4.69) is 53.8 Å². The van der Waals surface area contributed by atoms with Crippen molar-refractivity contribution in [3.05, 3.63) is 36.0 Å². The van der Waals surface area contributed by atoms with Crippen molar-refractivity contribution in [1.29, 1.82) is 0 Å². The average molecular weight is 302 g/mol. The van der Waals surface area contributed by atoms with Crippen LogP contribution in [0.3, 0.4) is 0 Å². The Morgan fingerprint density at radius 2 is 2.05 bits per heavy atom. The van der Waals surface area contributed by atoms with Crippen molar-refractivity contribution in [2.75, 3.05) is 24.8 Å². The minimum Gasteiger partial charge on any atom is -0.361 e. The highest BCUT2D eigenvalue weighted by Gasteiger charge is 2.43. The van der Waals surface area contributed by atoms with E-state index in [9.17, 15) is 0 Å². The zero-order chi connectivity index (χ0) is 14.9. The van der Waals surface area contributed by atoms with Crippen molar-refractivity contribution in [2.45, 2.75) is 43.9 Å². The predicted octanol–water partition coefficient (Wildman–Crippen LogP) is 3.80. The summed E-state index contributed by atoms with van der Waals surface area (Å²) in [5, 5.41) is 0. The molecule has 0 aromatic carbocycles. The summed E-state index contributed by atoms with van der Waals surface area (Å²) in [4.78, 5) is 6.94. The van der Waals surface area contributed by atoms with Gasteiger partial charge in [-0.3, -0.25) is 0 Å². The highest BCUT2D eigenvalue weighted by atomic mass is 28.3. The molecule has 0 amide bonds. The number of anilines is 1. The van der Waals surface area contributed by atoms with Gasteiger partial charge in [0.25, 0.3) is 0 Å². The van der Waals surface area contributed by atoms with Gasteiger partial charge in [0.05, 0.1) is 0 Å². The number of allylic oxidation sites excluding steroid dienone is 2. The van der Waals surface area contributed by atoms with Crippen LogP contribution in [0.4, 0.5) is 5.82 Å². The quantitative estimate of drug-likeness (QED) is 0.470. The van der Waals surface area contributed by atoms with Crippen LogP contribution in [0, 0.1) is 0 Å². The number of aromatic nitrogens is 1. The van der Waals surface area contributed by atoms with E-state index in [1.165, 1.54) is 11.6 Å². The Morgan fingerprint density at radius 1 is 1.29 bits per heavy atom. The van der Waals surface area contributed by atoms with Crippen molar-refractivity contribution in [2.24, 2.45) is 0 Å². The maximum Gasteiger partial charge on any atom is 0.134 e.